The predicted octanol–water partition coefficient (Wildman–Crippen LogP) is 1.43. The van der Waals surface area contributed by atoms with Gasteiger partial charge in [0.2, 0.25) is 0 Å². The molecular formula is C17H23NO6. The van der Waals surface area contributed by atoms with Crippen LogP contribution in [0.15, 0.2) is 24.3 Å². The van der Waals surface area contributed by atoms with Gasteiger partial charge in [0.25, 0.3) is 0 Å². The maximum atomic E-state index is 11.2. The first-order valence-corrected chi connectivity index (χ1v) is 8.19. The van der Waals surface area contributed by atoms with Crippen LogP contribution in [0.4, 0.5) is 4.79 Å². The van der Waals surface area contributed by atoms with E-state index >= 15 is 0 Å². The summed E-state index contributed by atoms with van der Waals surface area (Å²) < 4.78 is 21.3. The summed E-state index contributed by atoms with van der Waals surface area (Å²) in [6.45, 7) is 2.55. The number of rotatable bonds is 4. The number of hydrogen-bond donors (Lipinski definition) is 1. The average molecular weight is 337 g/mol. The Kier molecular flexibility index (Phi) is 5.42. The molecule has 1 N–H and O–H groups in total. The molecule has 132 valence electrons. The second kappa shape index (κ2) is 7.72. The number of benzene rings is 1. The topological polar surface area (TPSA) is 77.5 Å². The van der Waals surface area contributed by atoms with Crippen LogP contribution in [-0.4, -0.2) is 67.8 Å². The largest absolute Gasteiger partial charge is 0.508 e. The standard InChI is InChI=1S/C17H23NO6/c1-21-17(20)24-16-10-18(9-7-13(16)19)8-6-12-11-22-14-4-2-3-5-15(14)23-12/h2-5,12-13,16,19H,6-11H2,1H3/t12?,13-,16+/m1/s1. The molecule has 2 heterocycles. The first kappa shape index (κ1) is 16.9. The number of aliphatic hydroxyl groups is 1. The van der Waals surface area contributed by atoms with E-state index in [1.165, 1.54) is 7.11 Å². The summed E-state index contributed by atoms with van der Waals surface area (Å²) in [6, 6.07) is 7.64. The van der Waals surface area contributed by atoms with Gasteiger partial charge in [0.15, 0.2) is 11.5 Å². The number of hydrogen-bond acceptors (Lipinski definition) is 7. The molecule has 2 aliphatic heterocycles. The molecule has 1 aromatic carbocycles. The average Bonchev–Trinajstić information content (AvgIpc) is 2.62. The lowest BCUT2D eigenvalue weighted by molar-refractivity contribution is -0.0660. The van der Waals surface area contributed by atoms with Gasteiger partial charge in [0.1, 0.15) is 18.8 Å². The van der Waals surface area contributed by atoms with Crippen molar-refractivity contribution >= 4 is 6.16 Å². The van der Waals surface area contributed by atoms with Gasteiger partial charge >= 0.3 is 6.16 Å². The van der Waals surface area contributed by atoms with Crippen LogP contribution in [0.5, 0.6) is 11.5 Å². The number of carbonyl (C=O) groups is 1. The van der Waals surface area contributed by atoms with Crippen LogP contribution < -0.4 is 9.47 Å². The van der Waals surface area contributed by atoms with Crippen molar-refractivity contribution in [3.05, 3.63) is 24.3 Å². The molecule has 2 aliphatic rings. The van der Waals surface area contributed by atoms with E-state index < -0.39 is 18.4 Å². The Morgan fingerprint density at radius 2 is 2.17 bits per heavy atom. The fourth-order valence-corrected chi connectivity index (χ4v) is 2.99. The van der Waals surface area contributed by atoms with Gasteiger partial charge in [0, 0.05) is 26.1 Å². The smallest absolute Gasteiger partial charge is 0.486 e. The molecular weight excluding hydrogens is 314 g/mol. The van der Waals surface area contributed by atoms with E-state index in [1.54, 1.807) is 0 Å². The van der Waals surface area contributed by atoms with Gasteiger partial charge in [-0.3, -0.25) is 4.90 Å². The maximum absolute atomic E-state index is 11.2. The molecule has 0 saturated carbocycles. The lowest BCUT2D eigenvalue weighted by Crippen LogP contribution is -2.49. The van der Waals surface area contributed by atoms with Crippen LogP contribution in [0.3, 0.4) is 0 Å². The number of aliphatic hydroxyl groups excluding tert-OH is 1. The highest BCUT2D eigenvalue weighted by atomic mass is 16.7. The van der Waals surface area contributed by atoms with Gasteiger partial charge in [-0.25, -0.2) is 4.79 Å². The molecule has 0 radical (unpaired) electrons. The van der Waals surface area contributed by atoms with Crippen LogP contribution in [-0.2, 0) is 9.47 Å². The molecule has 0 aliphatic carbocycles. The van der Waals surface area contributed by atoms with Crippen LogP contribution in [0, 0.1) is 0 Å². The Morgan fingerprint density at radius 1 is 1.38 bits per heavy atom. The summed E-state index contributed by atoms with van der Waals surface area (Å²) in [5, 5.41) is 9.95. The molecule has 0 aromatic heterocycles. The summed E-state index contributed by atoms with van der Waals surface area (Å²) in [4.78, 5) is 13.4. The summed E-state index contributed by atoms with van der Waals surface area (Å²) >= 11 is 0. The summed E-state index contributed by atoms with van der Waals surface area (Å²) in [6.07, 6.45) is -0.618. The molecule has 1 unspecified atom stereocenters. The third-order valence-corrected chi connectivity index (χ3v) is 4.36. The number of methoxy groups -OCH3 is 1. The minimum absolute atomic E-state index is 0.00766. The van der Waals surface area contributed by atoms with Crippen molar-refractivity contribution in [3.8, 4) is 11.5 Å². The van der Waals surface area contributed by atoms with Crippen molar-refractivity contribution in [1.29, 1.82) is 0 Å². The molecule has 3 atom stereocenters. The minimum Gasteiger partial charge on any atom is -0.486 e. The van der Waals surface area contributed by atoms with E-state index in [0.717, 1.165) is 31.0 Å². The molecule has 7 nitrogen and oxygen atoms in total. The van der Waals surface area contributed by atoms with E-state index in [0.29, 0.717) is 19.6 Å². The van der Waals surface area contributed by atoms with Crippen LogP contribution in [0.1, 0.15) is 12.8 Å². The SMILES string of the molecule is COC(=O)O[C@H]1CN(CCC2COc3ccccc3O2)CC[C@H]1O. The van der Waals surface area contributed by atoms with Gasteiger partial charge in [-0.15, -0.1) is 0 Å². The van der Waals surface area contributed by atoms with E-state index in [4.69, 9.17) is 14.2 Å². The Bertz CT molecular complexity index is 566. The van der Waals surface area contributed by atoms with Crippen molar-refractivity contribution in [2.45, 2.75) is 31.2 Å². The second-order valence-corrected chi connectivity index (χ2v) is 6.05. The Balaban J connectivity index is 1.47. The van der Waals surface area contributed by atoms with Gasteiger partial charge in [-0.2, -0.15) is 0 Å². The third kappa shape index (κ3) is 4.10. The second-order valence-electron chi connectivity index (χ2n) is 6.05. The normalized spacial score (nSPS) is 26.7. The summed E-state index contributed by atoms with van der Waals surface area (Å²) in [5.41, 5.74) is 0. The molecule has 1 fully saturated rings. The fraction of sp³-hybridized carbons (Fsp3) is 0.588. The zero-order valence-electron chi connectivity index (χ0n) is 13.7. The highest BCUT2D eigenvalue weighted by Gasteiger charge is 2.31. The Labute approximate surface area is 141 Å². The molecule has 3 rings (SSSR count). The lowest BCUT2D eigenvalue weighted by atomic mass is 10.0. The van der Waals surface area contributed by atoms with E-state index in [1.807, 2.05) is 24.3 Å². The van der Waals surface area contributed by atoms with E-state index in [9.17, 15) is 9.90 Å². The summed E-state index contributed by atoms with van der Waals surface area (Å²) in [5.74, 6) is 1.55. The monoisotopic (exact) mass is 337 g/mol. The zero-order chi connectivity index (χ0) is 16.9. The first-order chi connectivity index (χ1) is 11.7. The molecule has 0 amide bonds. The lowest BCUT2D eigenvalue weighted by Gasteiger charge is -2.36. The van der Waals surface area contributed by atoms with Gasteiger partial charge in [-0.1, -0.05) is 12.1 Å². The van der Waals surface area contributed by atoms with Crippen molar-refractivity contribution < 1.29 is 28.8 Å². The van der Waals surface area contributed by atoms with Gasteiger partial charge < -0.3 is 24.1 Å². The number of para-hydroxylation sites is 2. The predicted molar refractivity (Wildman–Crippen MR) is 85.3 cm³/mol. The maximum Gasteiger partial charge on any atom is 0.508 e. The number of likely N-dealkylation sites (tertiary alicyclic amines) is 1. The summed E-state index contributed by atoms with van der Waals surface area (Å²) in [7, 11) is 1.26. The number of carbonyl (C=O) groups excluding carboxylic acids is 1. The number of piperidine rings is 1. The van der Waals surface area contributed by atoms with Crippen molar-refractivity contribution in [2.75, 3.05) is 33.4 Å². The quantitative estimate of drug-likeness (QED) is 0.833. The van der Waals surface area contributed by atoms with Crippen molar-refractivity contribution in [2.24, 2.45) is 0 Å². The highest BCUT2D eigenvalue weighted by molar-refractivity contribution is 5.59. The van der Waals surface area contributed by atoms with Gasteiger partial charge in [-0.05, 0) is 18.6 Å². The zero-order valence-corrected chi connectivity index (χ0v) is 13.7. The highest BCUT2D eigenvalue weighted by Crippen LogP contribution is 2.31. The Morgan fingerprint density at radius 3 is 2.96 bits per heavy atom. The van der Waals surface area contributed by atoms with Gasteiger partial charge in [0.05, 0.1) is 13.2 Å². The molecule has 24 heavy (non-hydrogen) atoms. The number of ether oxygens (including phenoxy) is 4. The van der Waals surface area contributed by atoms with Crippen LogP contribution in [0.2, 0.25) is 0 Å². The molecule has 0 bridgehead atoms. The van der Waals surface area contributed by atoms with Crippen molar-refractivity contribution in [1.82, 2.24) is 4.90 Å². The molecule has 1 saturated heterocycles. The minimum atomic E-state index is -0.762. The third-order valence-electron chi connectivity index (χ3n) is 4.36. The fourth-order valence-electron chi connectivity index (χ4n) is 2.99. The van der Waals surface area contributed by atoms with Crippen LogP contribution >= 0.6 is 0 Å². The first-order valence-electron chi connectivity index (χ1n) is 8.19. The molecule has 7 heteroatoms. The Hall–Kier alpha value is -1.99. The molecule has 0 spiro atoms. The molecule has 1 aromatic rings. The number of nitrogens with zero attached hydrogens (tertiary/aromatic N) is 1. The van der Waals surface area contributed by atoms with Crippen LogP contribution in [0.25, 0.3) is 0 Å². The van der Waals surface area contributed by atoms with E-state index in [2.05, 4.69) is 9.64 Å². The number of fused-ring (bicyclic) bond motifs is 1. The van der Waals surface area contributed by atoms with Crippen molar-refractivity contribution in [3.63, 3.8) is 0 Å². The van der Waals surface area contributed by atoms with E-state index in [-0.39, 0.29) is 6.10 Å².